The lowest BCUT2D eigenvalue weighted by atomic mass is 9.85. The molecule has 3 aliphatic rings. The number of nitrogens with one attached hydrogen (secondary N) is 2. The Bertz CT molecular complexity index is 786. The minimum atomic E-state index is 0.207. The third-order valence-corrected chi connectivity index (χ3v) is 5.99. The van der Waals surface area contributed by atoms with Gasteiger partial charge in [0, 0.05) is 23.7 Å². The lowest BCUT2D eigenvalue weighted by Crippen LogP contribution is -2.37. The standard InChI is InChI=1S/C18H19N3O.C2H6/c1-10(15-9-11-4-2-3-5-14(11)19-15)21-17-13-7-6-12(8-13)16(17)18(22)20-21;1-2/h2-5,9,12-13,16-17H,6-8H2,1H3,(H,20,22);1-2H3/p+1/t12-,13-,16?,17?;/m1./s1. The summed E-state index contributed by atoms with van der Waals surface area (Å²) in [5.74, 6) is 1.72. The van der Waals surface area contributed by atoms with Gasteiger partial charge < -0.3 is 4.98 Å². The van der Waals surface area contributed by atoms with Crippen LogP contribution in [0.3, 0.4) is 0 Å². The van der Waals surface area contributed by atoms with E-state index >= 15 is 0 Å². The SMILES string of the molecule is C/C(c1cc2ccccc2[nH]1)=[N+]1/NC(=O)C2C1[C@@H]1CC[C@@H]2C1.CC. The fourth-order valence-electron chi connectivity index (χ4n) is 4.98. The number of H-pyrrole nitrogens is 1. The highest BCUT2D eigenvalue weighted by molar-refractivity contribution is 5.99. The van der Waals surface area contributed by atoms with Crippen LogP contribution in [0.5, 0.6) is 0 Å². The number of aromatic amines is 1. The van der Waals surface area contributed by atoms with Crippen molar-refractivity contribution in [1.82, 2.24) is 10.4 Å². The summed E-state index contributed by atoms with van der Waals surface area (Å²) in [6.07, 6.45) is 3.75. The fraction of sp³-hybridized carbons (Fsp3) is 0.500. The van der Waals surface area contributed by atoms with E-state index in [2.05, 4.69) is 46.3 Å². The third-order valence-electron chi connectivity index (χ3n) is 5.99. The first kappa shape index (κ1) is 15.4. The van der Waals surface area contributed by atoms with Gasteiger partial charge in [0.15, 0.2) is 6.04 Å². The highest BCUT2D eigenvalue weighted by Crippen LogP contribution is 2.51. The van der Waals surface area contributed by atoms with Gasteiger partial charge in [0.25, 0.3) is 5.91 Å². The zero-order valence-corrected chi connectivity index (χ0v) is 14.7. The van der Waals surface area contributed by atoms with Crippen LogP contribution in [0.25, 0.3) is 10.9 Å². The summed E-state index contributed by atoms with van der Waals surface area (Å²) in [5, 5.41) is 1.21. The predicted octanol–water partition coefficient (Wildman–Crippen LogP) is 3.48. The summed E-state index contributed by atoms with van der Waals surface area (Å²) in [6.45, 7) is 6.11. The minimum Gasteiger partial charge on any atom is -0.350 e. The number of aromatic nitrogens is 1. The molecule has 1 amide bonds. The molecule has 2 aliphatic carbocycles. The van der Waals surface area contributed by atoms with Crippen molar-refractivity contribution in [2.24, 2.45) is 17.8 Å². The minimum absolute atomic E-state index is 0.207. The number of hydrogen-bond donors (Lipinski definition) is 2. The topological polar surface area (TPSA) is 47.9 Å². The van der Waals surface area contributed by atoms with Crippen molar-refractivity contribution >= 4 is 22.5 Å². The summed E-state index contributed by atoms with van der Waals surface area (Å²) in [5.41, 5.74) is 6.51. The van der Waals surface area contributed by atoms with E-state index in [1.54, 1.807) is 0 Å². The van der Waals surface area contributed by atoms with Crippen LogP contribution in [0.15, 0.2) is 30.3 Å². The molecule has 5 rings (SSSR count). The Labute approximate surface area is 142 Å². The molecule has 2 saturated carbocycles. The molecule has 1 aromatic heterocycles. The van der Waals surface area contributed by atoms with Crippen LogP contribution in [-0.2, 0) is 4.79 Å². The van der Waals surface area contributed by atoms with E-state index in [1.165, 1.54) is 24.6 Å². The van der Waals surface area contributed by atoms with Gasteiger partial charge in [0.1, 0.15) is 11.6 Å². The van der Waals surface area contributed by atoms with Crippen LogP contribution in [0.4, 0.5) is 0 Å². The molecule has 1 saturated heterocycles. The van der Waals surface area contributed by atoms with Crippen molar-refractivity contribution in [2.75, 3.05) is 0 Å². The van der Waals surface area contributed by atoms with Crippen molar-refractivity contribution < 1.29 is 9.48 Å². The Hall–Kier alpha value is -2.10. The van der Waals surface area contributed by atoms with Crippen molar-refractivity contribution in [3.8, 4) is 0 Å². The number of amides is 1. The molecular weight excluding hydrogens is 298 g/mol. The Balaban J connectivity index is 0.000000704. The first-order chi connectivity index (χ1) is 11.7. The maximum absolute atomic E-state index is 12.4. The van der Waals surface area contributed by atoms with E-state index in [-0.39, 0.29) is 11.8 Å². The molecule has 3 fully saturated rings. The average Bonchev–Trinajstić information content (AvgIpc) is 3.37. The van der Waals surface area contributed by atoms with Gasteiger partial charge in [-0.1, -0.05) is 32.0 Å². The van der Waals surface area contributed by atoms with Gasteiger partial charge in [-0.3, -0.25) is 4.79 Å². The van der Waals surface area contributed by atoms with E-state index in [0.717, 1.165) is 16.9 Å². The van der Waals surface area contributed by atoms with Crippen LogP contribution in [0, 0.1) is 17.8 Å². The second kappa shape index (κ2) is 5.76. The second-order valence-corrected chi connectivity index (χ2v) is 7.05. The summed E-state index contributed by atoms with van der Waals surface area (Å²) in [7, 11) is 0. The predicted molar refractivity (Wildman–Crippen MR) is 95.9 cm³/mol. The molecule has 0 spiro atoms. The highest BCUT2D eigenvalue weighted by Gasteiger charge is 2.62. The van der Waals surface area contributed by atoms with Gasteiger partial charge in [-0.25, -0.2) is 0 Å². The number of fused-ring (bicyclic) bond motifs is 6. The zero-order chi connectivity index (χ0) is 16.8. The van der Waals surface area contributed by atoms with E-state index in [1.807, 2.05) is 19.9 Å². The smallest absolute Gasteiger partial charge is 0.284 e. The Kier molecular flexibility index (Phi) is 3.70. The van der Waals surface area contributed by atoms with Crippen LogP contribution >= 0.6 is 0 Å². The molecular formula is C20H26N3O+. The number of para-hydroxylation sites is 1. The molecule has 24 heavy (non-hydrogen) atoms. The van der Waals surface area contributed by atoms with Gasteiger partial charge in [-0.15, -0.1) is 10.1 Å². The summed E-state index contributed by atoms with van der Waals surface area (Å²) >= 11 is 0. The molecule has 0 radical (unpaired) electrons. The molecule has 4 nitrogen and oxygen atoms in total. The van der Waals surface area contributed by atoms with Crippen molar-refractivity contribution in [3.05, 3.63) is 36.0 Å². The lowest BCUT2D eigenvalue weighted by molar-refractivity contribution is -0.603. The average molecular weight is 324 g/mol. The number of carbonyl (C=O) groups is 1. The summed E-state index contributed by atoms with van der Waals surface area (Å²) < 4.78 is 2.15. The van der Waals surface area contributed by atoms with E-state index < -0.39 is 0 Å². The number of benzene rings is 1. The lowest BCUT2D eigenvalue weighted by Gasteiger charge is -2.17. The number of rotatable bonds is 1. The molecule has 4 atom stereocenters. The number of hydrazine groups is 1. The number of hydrogen-bond acceptors (Lipinski definition) is 1. The Morgan fingerprint density at radius 1 is 1.17 bits per heavy atom. The molecule has 2 unspecified atom stereocenters. The van der Waals surface area contributed by atoms with Crippen LogP contribution < -0.4 is 5.43 Å². The third kappa shape index (κ3) is 2.12. The van der Waals surface area contributed by atoms with Gasteiger partial charge in [0.2, 0.25) is 5.71 Å². The number of nitrogens with zero attached hydrogens (tertiary/aromatic N) is 1. The zero-order valence-electron chi connectivity index (χ0n) is 14.7. The molecule has 4 heteroatoms. The molecule has 2 bridgehead atoms. The number of hydrazone groups is 1. The van der Waals surface area contributed by atoms with Crippen molar-refractivity contribution in [2.45, 2.75) is 46.1 Å². The van der Waals surface area contributed by atoms with Crippen LogP contribution in [0.2, 0.25) is 0 Å². The van der Waals surface area contributed by atoms with Gasteiger partial charge in [-0.2, -0.15) is 0 Å². The first-order valence-electron chi connectivity index (χ1n) is 9.24. The van der Waals surface area contributed by atoms with Gasteiger partial charge in [0.05, 0.1) is 0 Å². The summed E-state index contributed by atoms with van der Waals surface area (Å²) in [4.78, 5) is 15.9. The number of carbonyl (C=O) groups excluding carboxylic acids is 1. The monoisotopic (exact) mass is 324 g/mol. The Morgan fingerprint density at radius 2 is 1.92 bits per heavy atom. The van der Waals surface area contributed by atoms with Crippen LogP contribution in [-0.4, -0.2) is 27.3 Å². The van der Waals surface area contributed by atoms with Crippen LogP contribution in [0.1, 0.15) is 45.7 Å². The normalized spacial score (nSPS) is 32.4. The van der Waals surface area contributed by atoms with E-state index in [9.17, 15) is 4.79 Å². The molecule has 2 heterocycles. The van der Waals surface area contributed by atoms with E-state index in [0.29, 0.717) is 17.9 Å². The second-order valence-electron chi connectivity index (χ2n) is 7.05. The highest BCUT2D eigenvalue weighted by atomic mass is 16.2. The molecule has 1 aliphatic heterocycles. The summed E-state index contributed by atoms with van der Waals surface area (Å²) in [6, 6.07) is 10.8. The quantitative estimate of drug-likeness (QED) is 0.775. The largest absolute Gasteiger partial charge is 0.350 e. The molecule has 1 aromatic carbocycles. The maximum Gasteiger partial charge on any atom is 0.284 e. The Morgan fingerprint density at radius 3 is 2.71 bits per heavy atom. The molecule has 2 aromatic rings. The fourth-order valence-corrected chi connectivity index (χ4v) is 4.98. The van der Waals surface area contributed by atoms with Gasteiger partial charge in [-0.05, 0) is 37.3 Å². The van der Waals surface area contributed by atoms with Crippen molar-refractivity contribution in [1.29, 1.82) is 0 Å². The molecule has 126 valence electrons. The molecule has 2 N–H and O–H groups in total. The van der Waals surface area contributed by atoms with Crippen molar-refractivity contribution in [3.63, 3.8) is 0 Å². The van der Waals surface area contributed by atoms with Gasteiger partial charge >= 0.3 is 0 Å². The maximum atomic E-state index is 12.4. The first-order valence-corrected chi connectivity index (χ1v) is 9.24. The van der Waals surface area contributed by atoms with E-state index in [4.69, 9.17) is 0 Å².